The van der Waals surface area contributed by atoms with Crippen molar-refractivity contribution in [1.29, 1.82) is 0 Å². The molecule has 0 bridgehead atoms. The summed E-state index contributed by atoms with van der Waals surface area (Å²) >= 11 is 0. The van der Waals surface area contributed by atoms with Crippen molar-refractivity contribution in [2.45, 2.75) is 38.8 Å². The quantitative estimate of drug-likeness (QED) is 0.851. The Balaban J connectivity index is 1.74. The van der Waals surface area contributed by atoms with Gasteiger partial charge in [0, 0.05) is 46.1 Å². The molecule has 0 aliphatic carbocycles. The van der Waals surface area contributed by atoms with Gasteiger partial charge in [0.15, 0.2) is 0 Å². The number of carbonyl (C=O) groups is 1. The molecule has 1 aromatic heterocycles. The molecule has 6 nitrogen and oxygen atoms in total. The van der Waals surface area contributed by atoms with Crippen LogP contribution >= 0.6 is 0 Å². The van der Waals surface area contributed by atoms with E-state index in [-0.39, 0.29) is 5.91 Å². The predicted molar refractivity (Wildman–Crippen MR) is 107 cm³/mol. The highest BCUT2D eigenvalue weighted by molar-refractivity contribution is 5.72. The molecular weight excluding hydrogens is 338 g/mol. The number of hydrogen-bond acceptors (Lipinski definition) is 5. The molecule has 1 amide bonds. The molecule has 1 atom stereocenters. The summed E-state index contributed by atoms with van der Waals surface area (Å²) in [6, 6.07) is 12.7. The van der Waals surface area contributed by atoms with Crippen LogP contribution in [0, 0.1) is 0 Å². The minimum atomic E-state index is 0.0155. The van der Waals surface area contributed by atoms with Crippen LogP contribution in [-0.2, 0) is 17.9 Å². The van der Waals surface area contributed by atoms with Crippen LogP contribution in [0.25, 0.3) is 0 Å². The second kappa shape index (κ2) is 8.95. The van der Waals surface area contributed by atoms with Gasteiger partial charge in [-0.05, 0) is 24.9 Å². The van der Waals surface area contributed by atoms with E-state index in [0.29, 0.717) is 18.3 Å². The molecule has 1 fully saturated rings. The number of aromatic nitrogens is 2. The molecule has 0 radical (unpaired) electrons. The van der Waals surface area contributed by atoms with Crippen molar-refractivity contribution in [3.63, 3.8) is 0 Å². The first kappa shape index (κ1) is 19.3. The zero-order chi connectivity index (χ0) is 19.2. The van der Waals surface area contributed by atoms with E-state index >= 15 is 0 Å². The normalized spacial score (nSPS) is 17.5. The molecule has 0 saturated carbocycles. The van der Waals surface area contributed by atoms with Gasteiger partial charge in [-0.15, -0.1) is 0 Å². The minimum absolute atomic E-state index is 0.0155. The van der Waals surface area contributed by atoms with E-state index in [2.05, 4.69) is 45.5 Å². The van der Waals surface area contributed by atoms with Crippen molar-refractivity contribution >= 4 is 11.7 Å². The van der Waals surface area contributed by atoms with Crippen molar-refractivity contribution in [1.82, 2.24) is 19.8 Å². The first-order chi connectivity index (χ1) is 13.0. The highest BCUT2D eigenvalue weighted by Crippen LogP contribution is 2.28. The number of hydrogen-bond donors (Lipinski definition) is 1. The Kier molecular flexibility index (Phi) is 6.40. The lowest BCUT2D eigenvalue weighted by atomic mass is 9.94. The van der Waals surface area contributed by atoms with Gasteiger partial charge in [-0.25, -0.2) is 9.97 Å². The Labute approximate surface area is 161 Å². The Hall–Kier alpha value is -2.47. The molecular formula is C21H29N5O. The Morgan fingerprint density at radius 1 is 1.30 bits per heavy atom. The SMILES string of the molecule is CNc1cc([C@@H]2CCCN(Cc3ccccc3)C2)nc(CN(C)C(C)=O)n1. The molecule has 1 N–H and O–H groups in total. The average Bonchev–Trinajstić information content (AvgIpc) is 2.68. The molecule has 1 aliphatic rings. The van der Waals surface area contributed by atoms with Crippen LogP contribution in [0.2, 0.25) is 0 Å². The molecule has 27 heavy (non-hydrogen) atoms. The third-order valence-corrected chi connectivity index (χ3v) is 5.14. The zero-order valence-electron chi connectivity index (χ0n) is 16.5. The van der Waals surface area contributed by atoms with Gasteiger partial charge in [-0.3, -0.25) is 9.69 Å². The molecule has 0 unspecified atom stereocenters. The van der Waals surface area contributed by atoms with E-state index < -0.39 is 0 Å². The van der Waals surface area contributed by atoms with E-state index in [1.807, 2.05) is 13.1 Å². The first-order valence-corrected chi connectivity index (χ1v) is 9.58. The fraction of sp³-hybridized carbons (Fsp3) is 0.476. The summed E-state index contributed by atoms with van der Waals surface area (Å²) in [5.74, 6) is 1.91. The summed E-state index contributed by atoms with van der Waals surface area (Å²) in [6.45, 7) is 5.08. The van der Waals surface area contributed by atoms with Gasteiger partial charge < -0.3 is 10.2 Å². The van der Waals surface area contributed by atoms with Crippen molar-refractivity contribution in [3.05, 3.63) is 53.5 Å². The van der Waals surface area contributed by atoms with Gasteiger partial charge >= 0.3 is 0 Å². The number of likely N-dealkylation sites (tertiary alicyclic amines) is 1. The summed E-state index contributed by atoms with van der Waals surface area (Å²) in [4.78, 5) is 25.0. The summed E-state index contributed by atoms with van der Waals surface area (Å²) in [6.07, 6.45) is 2.30. The second-order valence-electron chi connectivity index (χ2n) is 7.28. The van der Waals surface area contributed by atoms with Gasteiger partial charge in [0.25, 0.3) is 0 Å². The fourth-order valence-electron chi connectivity index (χ4n) is 3.53. The van der Waals surface area contributed by atoms with Crippen LogP contribution in [0.15, 0.2) is 36.4 Å². The largest absolute Gasteiger partial charge is 0.373 e. The number of amides is 1. The average molecular weight is 367 g/mol. The maximum absolute atomic E-state index is 11.6. The van der Waals surface area contributed by atoms with Crippen molar-refractivity contribution in [2.24, 2.45) is 0 Å². The number of carbonyl (C=O) groups excluding carboxylic acids is 1. The van der Waals surface area contributed by atoms with Crippen molar-refractivity contribution in [3.8, 4) is 0 Å². The van der Waals surface area contributed by atoms with E-state index in [9.17, 15) is 4.79 Å². The molecule has 2 aromatic rings. The van der Waals surface area contributed by atoms with Gasteiger partial charge in [0.05, 0.1) is 12.2 Å². The summed E-state index contributed by atoms with van der Waals surface area (Å²) in [5.41, 5.74) is 2.42. The number of nitrogens with one attached hydrogen (secondary N) is 1. The topological polar surface area (TPSA) is 61.4 Å². The van der Waals surface area contributed by atoms with Crippen LogP contribution in [0.1, 0.15) is 42.8 Å². The van der Waals surface area contributed by atoms with Gasteiger partial charge in [-0.2, -0.15) is 0 Å². The lowest BCUT2D eigenvalue weighted by molar-refractivity contribution is -0.128. The molecule has 144 valence electrons. The Bertz CT molecular complexity index is 764. The lowest BCUT2D eigenvalue weighted by Gasteiger charge is -2.32. The third kappa shape index (κ3) is 5.26. The van der Waals surface area contributed by atoms with E-state index in [0.717, 1.165) is 37.6 Å². The van der Waals surface area contributed by atoms with E-state index in [4.69, 9.17) is 4.98 Å². The molecule has 2 heterocycles. The molecule has 0 spiro atoms. The maximum Gasteiger partial charge on any atom is 0.219 e. The fourth-order valence-corrected chi connectivity index (χ4v) is 3.53. The maximum atomic E-state index is 11.6. The summed E-state index contributed by atoms with van der Waals surface area (Å²) in [5, 5.41) is 3.13. The van der Waals surface area contributed by atoms with E-state index in [1.54, 1.807) is 18.9 Å². The zero-order valence-corrected chi connectivity index (χ0v) is 16.5. The highest BCUT2D eigenvalue weighted by Gasteiger charge is 2.23. The Morgan fingerprint density at radius 3 is 2.78 bits per heavy atom. The van der Waals surface area contributed by atoms with Gasteiger partial charge in [-0.1, -0.05) is 30.3 Å². The van der Waals surface area contributed by atoms with Crippen LogP contribution in [-0.4, -0.2) is 52.9 Å². The standard InChI is InChI=1S/C21H29N5O/c1-16(27)25(3)15-21-23-19(12-20(22-2)24-21)18-10-7-11-26(14-18)13-17-8-5-4-6-9-17/h4-6,8-9,12,18H,7,10-11,13-15H2,1-3H3,(H,22,23,24)/t18-/m1/s1. The lowest BCUT2D eigenvalue weighted by Crippen LogP contribution is -2.34. The van der Waals surface area contributed by atoms with Crippen LogP contribution in [0.3, 0.4) is 0 Å². The molecule has 1 aromatic carbocycles. The van der Waals surface area contributed by atoms with Gasteiger partial charge in [0.2, 0.25) is 5.91 Å². The van der Waals surface area contributed by atoms with Crippen LogP contribution in [0.4, 0.5) is 5.82 Å². The monoisotopic (exact) mass is 367 g/mol. The summed E-state index contributed by atoms with van der Waals surface area (Å²) in [7, 11) is 3.65. The number of benzene rings is 1. The minimum Gasteiger partial charge on any atom is -0.373 e. The van der Waals surface area contributed by atoms with Crippen molar-refractivity contribution < 1.29 is 4.79 Å². The number of rotatable bonds is 6. The van der Waals surface area contributed by atoms with E-state index in [1.165, 1.54) is 12.0 Å². The predicted octanol–water partition coefficient (Wildman–Crippen LogP) is 2.88. The highest BCUT2D eigenvalue weighted by atomic mass is 16.2. The number of nitrogens with zero attached hydrogens (tertiary/aromatic N) is 4. The molecule has 3 rings (SSSR count). The molecule has 6 heteroatoms. The number of piperidine rings is 1. The van der Waals surface area contributed by atoms with Crippen molar-refractivity contribution in [2.75, 3.05) is 32.5 Å². The smallest absolute Gasteiger partial charge is 0.219 e. The molecule has 1 aliphatic heterocycles. The van der Waals surface area contributed by atoms with Crippen LogP contribution < -0.4 is 5.32 Å². The summed E-state index contributed by atoms with van der Waals surface area (Å²) < 4.78 is 0. The first-order valence-electron chi connectivity index (χ1n) is 9.58. The molecule has 1 saturated heterocycles. The van der Waals surface area contributed by atoms with Gasteiger partial charge in [0.1, 0.15) is 11.6 Å². The van der Waals surface area contributed by atoms with Crippen LogP contribution in [0.5, 0.6) is 0 Å². The third-order valence-electron chi connectivity index (χ3n) is 5.14. The second-order valence-corrected chi connectivity index (χ2v) is 7.28. The number of anilines is 1. The Morgan fingerprint density at radius 2 is 2.07 bits per heavy atom.